The summed E-state index contributed by atoms with van der Waals surface area (Å²) in [6.45, 7) is 0.492. The molecule has 120 valence electrons. The average molecular weight is 311 g/mol. The molecule has 0 aromatic heterocycles. The van der Waals surface area contributed by atoms with Gasteiger partial charge in [-0.3, -0.25) is 9.59 Å². The first kappa shape index (κ1) is 16.7. The van der Waals surface area contributed by atoms with Gasteiger partial charge in [-0.25, -0.2) is 0 Å². The Bertz CT molecular complexity index is 653. The van der Waals surface area contributed by atoms with E-state index in [1.165, 1.54) is 0 Å². The maximum absolute atomic E-state index is 12.3. The van der Waals surface area contributed by atoms with Crippen LogP contribution in [0.15, 0.2) is 54.6 Å². The molecule has 1 amide bonds. The maximum atomic E-state index is 12.3. The molecule has 4 nitrogen and oxygen atoms in total. The number of nitrogens with one attached hydrogen (secondary N) is 1. The van der Waals surface area contributed by atoms with Crippen molar-refractivity contribution in [2.24, 2.45) is 0 Å². The summed E-state index contributed by atoms with van der Waals surface area (Å²) in [7, 11) is 0. The van der Waals surface area contributed by atoms with Crippen molar-refractivity contribution in [1.82, 2.24) is 5.32 Å². The molecule has 2 aromatic carbocycles. The van der Waals surface area contributed by atoms with E-state index in [-0.39, 0.29) is 12.3 Å². The van der Waals surface area contributed by atoms with Gasteiger partial charge in [0.15, 0.2) is 0 Å². The molecule has 0 bridgehead atoms. The lowest BCUT2D eigenvalue weighted by molar-refractivity contribution is -0.137. The third-order valence-electron chi connectivity index (χ3n) is 3.60. The molecule has 0 aliphatic rings. The topological polar surface area (TPSA) is 66.4 Å². The summed E-state index contributed by atoms with van der Waals surface area (Å²) >= 11 is 0. The average Bonchev–Trinajstić information content (AvgIpc) is 2.55. The van der Waals surface area contributed by atoms with Crippen LogP contribution in [0, 0.1) is 0 Å². The van der Waals surface area contributed by atoms with Crippen molar-refractivity contribution in [3.8, 4) is 0 Å². The monoisotopic (exact) mass is 311 g/mol. The van der Waals surface area contributed by atoms with Crippen molar-refractivity contribution in [2.75, 3.05) is 6.54 Å². The molecule has 0 saturated heterocycles. The molecule has 2 N–H and O–H groups in total. The Balaban J connectivity index is 1.94. The van der Waals surface area contributed by atoms with Gasteiger partial charge in [0.25, 0.3) is 5.91 Å². The highest BCUT2D eigenvalue weighted by Gasteiger charge is 2.10. The molecular weight excluding hydrogens is 290 g/mol. The summed E-state index contributed by atoms with van der Waals surface area (Å²) in [5, 5.41) is 11.5. The van der Waals surface area contributed by atoms with Crippen LogP contribution in [0.5, 0.6) is 0 Å². The Morgan fingerprint density at radius 3 is 2.35 bits per heavy atom. The molecule has 0 unspecified atom stereocenters. The molecule has 0 spiro atoms. The first-order valence-corrected chi connectivity index (χ1v) is 7.78. The van der Waals surface area contributed by atoms with Crippen molar-refractivity contribution >= 4 is 11.9 Å². The van der Waals surface area contributed by atoms with Gasteiger partial charge >= 0.3 is 5.97 Å². The fourth-order valence-electron chi connectivity index (χ4n) is 2.41. The number of carboxylic acid groups (broad SMARTS) is 1. The number of unbranched alkanes of at least 4 members (excludes halogenated alkanes) is 1. The second-order valence-electron chi connectivity index (χ2n) is 5.43. The van der Waals surface area contributed by atoms with Crippen molar-refractivity contribution in [3.05, 3.63) is 71.3 Å². The number of benzene rings is 2. The molecule has 2 rings (SSSR count). The lowest BCUT2D eigenvalue weighted by atomic mass is 9.99. The van der Waals surface area contributed by atoms with E-state index in [2.05, 4.69) is 5.32 Å². The third-order valence-corrected chi connectivity index (χ3v) is 3.60. The zero-order valence-corrected chi connectivity index (χ0v) is 13.0. The maximum Gasteiger partial charge on any atom is 0.303 e. The zero-order valence-electron chi connectivity index (χ0n) is 13.0. The van der Waals surface area contributed by atoms with Crippen molar-refractivity contribution in [2.45, 2.75) is 25.7 Å². The first-order valence-electron chi connectivity index (χ1n) is 7.78. The van der Waals surface area contributed by atoms with Gasteiger partial charge in [-0.1, -0.05) is 48.5 Å². The van der Waals surface area contributed by atoms with E-state index in [1.54, 1.807) is 0 Å². The summed E-state index contributed by atoms with van der Waals surface area (Å²) < 4.78 is 0. The van der Waals surface area contributed by atoms with Crippen molar-refractivity contribution in [1.29, 1.82) is 0 Å². The molecular formula is C19H21NO3. The highest BCUT2D eigenvalue weighted by Crippen LogP contribution is 2.14. The van der Waals surface area contributed by atoms with Crippen LogP contribution >= 0.6 is 0 Å². The fraction of sp³-hybridized carbons (Fsp3) is 0.263. The largest absolute Gasteiger partial charge is 0.481 e. The van der Waals surface area contributed by atoms with Crippen LogP contribution in [0.25, 0.3) is 0 Å². The van der Waals surface area contributed by atoms with E-state index >= 15 is 0 Å². The van der Waals surface area contributed by atoms with Crippen LogP contribution in [-0.2, 0) is 11.2 Å². The predicted octanol–water partition coefficient (Wildman–Crippen LogP) is 3.26. The number of hydrogen-bond acceptors (Lipinski definition) is 2. The highest BCUT2D eigenvalue weighted by atomic mass is 16.4. The molecule has 0 radical (unpaired) electrons. The minimum atomic E-state index is -0.801. The summed E-state index contributed by atoms with van der Waals surface area (Å²) in [6.07, 6.45) is 2.09. The Morgan fingerprint density at radius 2 is 1.61 bits per heavy atom. The number of carbonyl (C=O) groups excluding carboxylic acids is 1. The number of aliphatic carboxylic acids is 1. The van der Waals surface area contributed by atoms with Crippen LogP contribution in [0.1, 0.15) is 40.7 Å². The van der Waals surface area contributed by atoms with Gasteiger partial charge in [0.05, 0.1) is 0 Å². The SMILES string of the molecule is O=C(O)CCCCNC(=O)c1ccccc1Cc1ccccc1. The van der Waals surface area contributed by atoms with Gasteiger partial charge in [0.2, 0.25) is 0 Å². The summed E-state index contributed by atoms with van der Waals surface area (Å²) in [6, 6.07) is 17.6. The van der Waals surface area contributed by atoms with Crippen LogP contribution in [0.2, 0.25) is 0 Å². The number of hydrogen-bond donors (Lipinski definition) is 2. The molecule has 0 atom stereocenters. The summed E-state index contributed by atoms with van der Waals surface area (Å²) in [4.78, 5) is 22.8. The van der Waals surface area contributed by atoms with E-state index in [4.69, 9.17) is 5.11 Å². The van der Waals surface area contributed by atoms with E-state index in [0.717, 1.165) is 11.1 Å². The van der Waals surface area contributed by atoms with Crippen LogP contribution in [0.4, 0.5) is 0 Å². The molecule has 0 saturated carbocycles. The third kappa shape index (κ3) is 5.58. The smallest absolute Gasteiger partial charge is 0.303 e. The molecule has 0 aliphatic heterocycles. The van der Waals surface area contributed by atoms with Gasteiger partial charge in [-0.15, -0.1) is 0 Å². The fourth-order valence-corrected chi connectivity index (χ4v) is 2.41. The number of amides is 1. The molecule has 0 heterocycles. The van der Waals surface area contributed by atoms with Crippen LogP contribution < -0.4 is 5.32 Å². The Kier molecular flexibility index (Phi) is 6.36. The lowest BCUT2D eigenvalue weighted by Crippen LogP contribution is -2.25. The minimum Gasteiger partial charge on any atom is -0.481 e. The van der Waals surface area contributed by atoms with E-state index < -0.39 is 5.97 Å². The second-order valence-corrected chi connectivity index (χ2v) is 5.43. The Labute approximate surface area is 136 Å². The van der Waals surface area contributed by atoms with E-state index in [0.29, 0.717) is 31.4 Å². The van der Waals surface area contributed by atoms with E-state index in [1.807, 2.05) is 54.6 Å². The van der Waals surface area contributed by atoms with Gasteiger partial charge < -0.3 is 10.4 Å². The highest BCUT2D eigenvalue weighted by molar-refractivity contribution is 5.95. The van der Waals surface area contributed by atoms with Gasteiger partial charge in [-0.05, 0) is 36.5 Å². The lowest BCUT2D eigenvalue weighted by Gasteiger charge is -2.10. The van der Waals surface area contributed by atoms with Crippen LogP contribution in [-0.4, -0.2) is 23.5 Å². The number of rotatable bonds is 8. The molecule has 0 aliphatic carbocycles. The van der Waals surface area contributed by atoms with E-state index in [9.17, 15) is 9.59 Å². The van der Waals surface area contributed by atoms with Gasteiger partial charge in [0, 0.05) is 18.5 Å². The minimum absolute atomic E-state index is 0.105. The zero-order chi connectivity index (χ0) is 16.5. The second kappa shape index (κ2) is 8.73. The molecule has 23 heavy (non-hydrogen) atoms. The summed E-state index contributed by atoms with van der Waals surface area (Å²) in [5.41, 5.74) is 2.82. The Morgan fingerprint density at radius 1 is 0.913 bits per heavy atom. The standard InChI is InChI=1S/C19H21NO3/c21-18(22)12-6-7-13-20-19(23)17-11-5-4-10-16(17)14-15-8-2-1-3-9-15/h1-5,8-11H,6-7,12-14H2,(H,20,23)(H,21,22). The molecule has 4 heteroatoms. The molecule has 0 fully saturated rings. The quantitative estimate of drug-likeness (QED) is 0.735. The number of carboxylic acids is 1. The molecule has 2 aromatic rings. The van der Waals surface area contributed by atoms with Crippen LogP contribution in [0.3, 0.4) is 0 Å². The first-order chi connectivity index (χ1) is 11.2. The Hall–Kier alpha value is -2.62. The van der Waals surface area contributed by atoms with Crippen molar-refractivity contribution < 1.29 is 14.7 Å². The van der Waals surface area contributed by atoms with Gasteiger partial charge in [0.1, 0.15) is 0 Å². The number of carbonyl (C=O) groups is 2. The summed E-state index contributed by atoms with van der Waals surface area (Å²) in [5.74, 6) is -0.906. The normalized spacial score (nSPS) is 10.3. The predicted molar refractivity (Wildman–Crippen MR) is 89.5 cm³/mol. The van der Waals surface area contributed by atoms with Crippen molar-refractivity contribution in [3.63, 3.8) is 0 Å². The van der Waals surface area contributed by atoms with Gasteiger partial charge in [-0.2, -0.15) is 0 Å².